The Kier molecular flexibility index (Phi) is 9.96. The largest absolute Gasteiger partial charge is 0.507 e. The summed E-state index contributed by atoms with van der Waals surface area (Å²) in [4.78, 5) is 28.4. The molecule has 1 unspecified atom stereocenters. The van der Waals surface area contributed by atoms with E-state index in [9.17, 15) is 19.1 Å². The lowest BCUT2D eigenvalue weighted by Gasteiger charge is -2.23. The van der Waals surface area contributed by atoms with Crippen LogP contribution < -0.4 is 14.4 Å². The molecule has 1 aliphatic rings. The summed E-state index contributed by atoms with van der Waals surface area (Å²) in [5.41, 5.74) is 2.84. The Labute approximate surface area is 263 Å². The number of carbonyl (C=O) groups excluding carboxylic acids is 2. The average molecular weight is 634 g/mol. The van der Waals surface area contributed by atoms with E-state index in [-0.39, 0.29) is 16.3 Å². The molecule has 0 radical (unpaired) electrons. The maximum absolute atomic E-state index is 13.7. The fraction of sp³-hybridized carbons (Fsp3) is 0.273. The standard InChI is InChI=1S/C33H32FN3O5S2/c1-4-6-17-42-25-16-13-23(18-26(25)41-5-2)28-27(29(38)22-11-14-24(34)15-12-22)30(39)31(40)37(28)32-35-36-33(44-32)43-19-21-9-7-20(3)8-10-21/h7-16,18,28,38H,4-6,17,19H2,1-3H3. The molecule has 1 amide bonds. The zero-order chi connectivity index (χ0) is 31.2. The third kappa shape index (κ3) is 6.79. The first-order valence-electron chi connectivity index (χ1n) is 14.3. The topological polar surface area (TPSA) is 102 Å². The molecule has 2 heterocycles. The number of aliphatic hydroxyl groups is 1. The number of unbranched alkanes of at least 4 members (excludes halogenated alkanes) is 1. The van der Waals surface area contributed by atoms with Crippen molar-refractivity contribution in [1.29, 1.82) is 0 Å². The predicted molar refractivity (Wildman–Crippen MR) is 170 cm³/mol. The lowest BCUT2D eigenvalue weighted by Crippen LogP contribution is -2.29. The summed E-state index contributed by atoms with van der Waals surface area (Å²) in [5.74, 6) is -1.03. The lowest BCUT2D eigenvalue weighted by molar-refractivity contribution is -0.132. The number of carbonyl (C=O) groups is 2. The minimum absolute atomic E-state index is 0.146. The van der Waals surface area contributed by atoms with Gasteiger partial charge in [-0.3, -0.25) is 14.5 Å². The second-order valence-corrected chi connectivity index (χ2v) is 12.3. The van der Waals surface area contributed by atoms with Gasteiger partial charge in [-0.2, -0.15) is 0 Å². The molecule has 1 aromatic heterocycles. The van der Waals surface area contributed by atoms with Crippen molar-refractivity contribution in [3.8, 4) is 11.5 Å². The van der Waals surface area contributed by atoms with Gasteiger partial charge in [0.1, 0.15) is 11.6 Å². The zero-order valence-corrected chi connectivity index (χ0v) is 26.2. The van der Waals surface area contributed by atoms with Gasteiger partial charge in [-0.1, -0.05) is 72.3 Å². The summed E-state index contributed by atoms with van der Waals surface area (Å²) in [6, 6.07) is 17.4. The van der Waals surface area contributed by atoms with Crippen molar-refractivity contribution in [3.05, 3.63) is 100 Å². The SMILES string of the molecule is CCCCOc1ccc(C2C(=C(O)c3ccc(F)cc3)C(=O)C(=O)N2c2nnc(SCc3ccc(C)cc3)s2)cc1OCC. The number of halogens is 1. The van der Waals surface area contributed by atoms with Gasteiger partial charge in [0.25, 0.3) is 5.78 Å². The molecular weight excluding hydrogens is 602 g/mol. The molecule has 0 aliphatic carbocycles. The molecule has 11 heteroatoms. The van der Waals surface area contributed by atoms with Gasteiger partial charge in [0.15, 0.2) is 15.8 Å². The monoisotopic (exact) mass is 633 g/mol. The van der Waals surface area contributed by atoms with Crippen LogP contribution in [0.4, 0.5) is 9.52 Å². The molecule has 1 saturated heterocycles. The second kappa shape index (κ2) is 14.0. The van der Waals surface area contributed by atoms with E-state index in [1.54, 1.807) is 18.2 Å². The number of aliphatic hydroxyl groups excluding tert-OH is 1. The molecule has 0 spiro atoms. The summed E-state index contributed by atoms with van der Waals surface area (Å²) in [6.07, 6.45) is 1.83. The van der Waals surface area contributed by atoms with Gasteiger partial charge in [0.2, 0.25) is 5.13 Å². The molecule has 1 fully saturated rings. The smallest absolute Gasteiger partial charge is 0.301 e. The predicted octanol–water partition coefficient (Wildman–Crippen LogP) is 7.48. The quantitative estimate of drug-likeness (QED) is 0.0428. The van der Waals surface area contributed by atoms with E-state index in [0.29, 0.717) is 40.4 Å². The van der Waals surface area contributed by atoms with Crippen molar-refractivity contribution < 1.29 is 28.6 Å². The lowest BCUT2D eigenvalue weighted by atomic mass is 9.95. The van der Waals surface area contributed by atoms with Crippen molar-refractivity contribution in [2.75, 3.05) is 18.1 Å². The highest BCUT2D eigenvalue weighted by Gasteiger charge is 2.48. The van der Waals surface area contributed by atoms with E-state index in [1.165, 1.54) is 57.8 Å². The van der Waals surface area contributed by atoms with Crippen LogP contribution in [0.3, 0.4) is 0 Å². The number of hydrogen-bond donors (Lipinski definition) is 1. The van der Waals surface area contributed by atoms with Crippen LogP contribution in [-0.2, 0) is 15.3 Å². The van der Waals surface area contributed by atoms with Crippen LogP contribution in [0.25, 0.3) is 5.76 Å². The van der Waals surface area contributed by atoms with Gasteiger partial charge in [-0.05, 0) is 67.8 Å². The third-order valence-corrected chi connectivity index (χ3v) is 9.11. The zero-order valence-electron chi connectivity index (χ0n) is 24.6. The Morgan fingerprint density at radius 3 is 2.45 bits per heavy atom. The van der Waals surface area contributed by atoms with Gasteiger partial charge in [0, 0.05) is 11.3 Å². The molecule has 5 rings (SSSR count). The van der Waals surface area contributed by atoms with Crippen LogP contribution in [-0.4, -0.2) is 40.2 Å². The van der Waals surface area contributed by atoms with Crippen LogP contribution in [0.1, 0.15) is 55.0 Å². The van der Waals surface area contributed by atoms with Gasteiger partial charge in [-0.25, -0.2) is 4.39 Å². The van der Waals surface area contributed by atoms with Crippen LogP contribution in [0.2, 0.25) is 0 Å². The first kappa shape index (κ1) is 31.2. The van der Waals surface area contributed by atoms with E-state index in [2.05, 4.69) is 17.1 Å². The molecule has 8 nitrogen and oxygen atoms in total. The van der Waals surface area contributed by atoms with Gasteiger partial charge in [0.05, 0.1) is 24.8 Å². The summed E-state index contributed by atoms with van der Waals surface area (Å²) in [5, 5.41) is 20.1. The highest BCUT2D eigenvalue weighted by molar-refractivity contribution is 8.00. The summed E-state index contributed by atoms with van der Waals surface area (Å²) in [6.45, 7) is 6.81. The maximum atomic E-state index is 13.7. The molecule has 3 aromatic carbocycles. The molecule has 0 saturated carbocycles. The van der Waals surface area contributed by atoms with Crippen molar-refractivity contribution in [2.45, 2.75) is 49.7 Å². The van der Waals surface area contributed by atoms with Gasteiger partial charge in [-0.15, -0.1) is 10.2 Å². The first-order chi connectivity index (χ1) is 21.3. The average Bonchev–Trinajstić information content (AvgIpc) is 3.59. The molecule has 44 heavy (non-hydrogen) atoms. The Balaban J connectivity index is 1.56. The van der Waals surface area contributed by atoms with Crippen molar-refractivity contribution in [2.24, 2.45) is 0 Å². The van der Waals surface area contributed by atoms with Crippen molar-refractivity contribution >= 4 is 45.7 Å². The normalized spacial score (nSPS) is 16.0. The number of hydrogen-bond acceptors (Lipinski definition) is 9. The molecule has 4 aromatic rings. The molecule has 1 aliphatic heterocycles. The first-order valence-corrected chi connectivity index (χ1v) is 16.1. The molecule has 0 bridgehead atoms. The minimum Gasteiger partial charge on any atom is -0.507 e. The number of nitrogens with zero attached hydrogens (tertiary/aromatic N) is 3. The highest BCUT2D eigenvalue weighted by atomic mass is 32.2. The number of thioether (sulfide) groups is 1. The third-order valence-electron chi connectivity index (χ3n) is 6.99. The number of benzene rings is 3. The number of ketones is 1. The van der Waals surface area contributed by atoms with Crippen LogP contribution >= 0.6 is 23.1 Å². The van der Waals surface area contributed by atoms with Crippen LogP contribution in [0.15, 0.2) is 76.6 Å². The molecule has 1 atom stereocenters. The van der Waals surface area contributed by atoms with Gasteiger partial charge >= 0.3 is 5.91 Å². The van der Waals surface area contributed by atoms with Crippen LogP contribution in [0.5, 0.6) is 11.5 Å². The minimum atomic E-state index is -1.05. The number of aryl methyl sites for hydroxylation is 1. The Hall–Kier alpha value is -4.22. The van der Waals surface area contributed by atoms with E-state index in [4.69, 9.17) is 9.47 Å². The Morgan fingerprint density at radius 2 is 1.75 bits per heavy atom. The Morgan fingerprint density at radius 1 is 1.00 bits per heavy atom. The van der Waals surface area contributed by atoms with E-state index in [1.807, 2.05) is 38.1 Å². The number of anilines is 1. The van der Waals surface area contributed by atoms with Crippen LogP contribution in [0, 0.1) is 12.7 Å². The Bertz CT molecular complexity index is 1670. The number of ether oxygens (including phenoxy) is 2. The number of rotatable bonds is 12. The maximum Gasteiger partial charge on any atom is 0.301 e. The number of amides is 1. The van der Waals surface area contributed by atoms with Crippen molar-refractivity contribution in [1.82, 2.24) is 10.2 Å². The summed E-state index contributed by atoms with van der Waals surface area (Å²) >= 11 is 2.66. The summed E-state index contributed by atoms with van der Waals surface area (Å²) < 4.78 is 26.1. The molecule has 1 N–H and O–H groups in total. The van der Waals surface area contributed by atoms with E-state index < -0.39 is 29.3 Å². The second-order valence-electron chi connectivity index (χ2n) is 10.1. The summed E-state index contributed by atoms with van der Waals surface area (Å²) in [7, 11) is 0. The molecular formula is C33H32FN3O5S2. The fourth-order valence-corrected chi connectivity index (χ4v) is 6.53. The van der Waals surface area contributed by atoms with Crippen molar-refractivity contribution in [3.63, 3.8) is 0 Å². The number of Topliss-reactive ketones (excluding diaryl/α,β-unsaturated/α-hetero) is 1. The van der Waals surface area contributed by atoms with E-state index in [0.717, 1.165) is 18.4 Å². The fourth-order valence-electron chi connectivity index (χ4n) is 4.70. The highest BCUT2D eigenvalue weighted by Crippen LogP contribution is 2.45. The number of aromatic nitrogens is 2. The van der Waals surface area contributed by atoms with Gasteiger partial charge < -0.3 is 14.6 Å². The molecule has 228 valence electrons. The van der Waals surface area contributed by atoms with E-state index >= 15 is 0 Å².